The molecule has 0 bridgehead atoms. The van der Waals surface area contributed by atoms with Crippen LogP contribution in [0.15, 0.2) is 54.6 Å². The van der Waals surface area contributed by atoms with Crippen molar-refractivity contribution in [3.63, 3.8) is 0 Å². The molecule has 5 nitrogen and oxygen atoms in total. The van der Waals surface area contributed by atoms with Crippen LogP contribution in [0, 0.1) is 5.82 Å². The lowest BCUT2D eigenvalue weighted by atomic mass is 10.0. The Morgan fingerprint density at radius 1 is 1.04 bits per heavy atom. The minimum absolute atomic E-state index is 0.0965. The molecule has 0 N–H and O–H groups in total. The third kappa shape index (κ3) is 3.33. The topological polar surface area (TPSA) is 49.3 Å². The molecule has 1 amide bonds. The van der Waals surface area contributed by atoms with Crippen LogP contribution in [0.2, 0.25) is 0 Å². The third-order valence-corrected chi connectivity index (χ3v) is 4.89. The summed E-state index contributed by atoms with van der Waals surface area (Å²) in [5.74, 6) is 0.661. The van der Waals surface area contributed by atoms with Crippen LogP contribution < -0.4 is 4.90 Å². The highest BCUT2D eigenvalue weighted by Gasteiger charge is 2.28. The number of rotatable bonds is 3. The smallest absolute Gasteiger partial charge is 0.257 e. The van der Waals surface area contributed by atoms with E-state index >= 15 is 0 Å². The first-order chi connectivity index (χ1) is 13.5. The lowest BCUT2D eigenvalue weighted by Crippen LogP contribution is -2.38. The molecule has 4 rings (SSSR count). The minimum atomic E-state index is -0.498. The van der Waals surface area contributed by atoms with Crippen molar-refractivity contribution in [2.75, 3.05) is 25.5 Å². The molecule has 28 heavy (non-hydrogen) atoms. The van der Waals surface area contributed by atoms with Crippen molar-refractivity contribution in [3.05, 3.63) is 77.2 Å². The second-order valence-electron chi connectivity index (χ2n) is 7.01. The fourth-order valence-corrected chi connectivity index (χ4v) is 3.46. The molecular weight excluding hydrogens is 355 g/mol. The number of carbonyl (C=O) groups excluding carboxylic acids is 1. The number of amides is 1. The summed E-state index contributed by atoms with van der Waals surface area (Å²) in [5.41, 5.74) is 2.91. The number of benzene rings is 2. The van der Waals surface area contributed by atoms with E-state index in [1.54, 1.807) is 17.0 Å². The van der Waals surface area contributed by atoms with E-state index in [-0.39, 0.29) is 11.5 Å². The van der Waals surface area contributed by atoms with Crippen molar-refractivity contribution < 1.29 is 9.18 Å². The van der Waals surface area contributed by atoms with Gasteiger partial charge >= 0.3 is 0 Å². The van der Waals surface area contributed by atoms with E-state index < -0.39 is 5.82 Å². The molecular formula is C22H21FN4O. The summed E-state index contributed by atoms with van der Waals surface area (Å²) < 4.78 is 14.1. The van der Waals surface area contributed by atoms with Gasteiger partial charge in [0.1, 0.15) is 11.6 Å². The monoisotopic (exact) mass is 376 g/mol. The average Bonchev–Trinajstić information content (AvgIpc) is 2.73. The molecule has 6 heteroatoms. The first-order valence-electron chi connectivity index (χ1n) is 9.21. The van der Waals surface area contributed by atoms with Gasteiger partial charge in [0.25, 0.3) is 5.91 Å². The Morgan fingerprint density at radius 3 is 2.46 bits per heavy atom. The Bertz CT molecular complexity index is 1020. The highest BCUT2D eigenvalue weighted by molar-refractivity contribution is 5.94. The maximum absolute atomic E-state index is 14.1. The van der Waals surface area contributed by atoms with Crippen LogP contribution >= 0.6 is 0 Å². The predicted octanol–water partition coefficient (Wildman–Crippen LogP) is 3.55. The number of nitrogens with zero attached hydrogens (tertiary/aromatic N) is 4. The molecule has 1 aromatic heterocycles. The van der Waals surface area contributed by atoms with E-state index in [2.05, 4.69) is 0 Å². The van der Waals surface area contributed by atoms with E-state index in [0.29, 0.717) is 25.3 Å². The van der Waals surface area contributed by atoms with Crippen molar-refractivity contribution in [1.29, 1.82) is 0 Å². The highest BCUT2D eigenvalue weighted by atomic mass is 19.1. The van der Waals surface area contributed by atoms with E-state index in [1.807, 2.05) is 49.3 Å². The minimum Gasteiger partial charge on any atom is -0.362 e. The third-order valence-electron chi connectivity index (χ3n) is 4.89. The van der Waals surface area contributed by atoms with Gasteiger partial charge in [-0.05, 0) is 12.1 Å². The molecule has 0 saturated heterocycles. The van der Waals surface area contributed by atoms with Gasteiger partial charge in [-0.2, -0.15) is 0 Å². The Morgan fingerprint density at radius 2 is 1.75 bits per heavy atom. The zero-order valence-corrected chi connectivity index (χ0v) is 15.9. The van der Waals surface area contributed by atoms with Gasteiger partial charge < -0.3 is 9.80 Å². The summed E-state index contributed by atoms with van der Waals surface area (Å²) in [5, 5.41) is 0. The fraction of sp³-hybridized carbons (Fsp3) is 0.227. The van der Waals surface area contributed by atoms with Gasteiger partial charge in [-0.15, -0.1) is 0 Å². The van der Waals surface area contributed by atoms with Crippen molar-refractivity contribution in [2.45, 2.75) is 13.0 Å². The quantitative estimate of drug-likeness (QED) is 0.702. The SMILES string of the molecule is CN(C)c1nc(-c2ccccc2)nc2c1CN(C(=O)c1ccccc1F)CC2. The molecule has 2 aromatic carbocycles. The van der Waals surface area contributed by atoms with Crippen molar-refractivity contribution in [2.24, 2.45) is 0 Å². The maximum atomic E-state index is 14.1. The Hall–Kier alpha value is -3.28. The molecule has 0 fully saturated rings. The Balaban J connectivity index is 1.70. The van der Waals surface area contributed by atoms with Gasteiger partial charge in [-0.25, -0.2) is 14.4 Å². The molecule has 142 valence electrons. The number of anilines is 1. The van der Waals surface area contributed by atoms with Gasteiger partial charge in [0.2, 0.25) is 0 Å². The lowest BCUT2D eigenvalue weighted by molar-refractivity contribution is 0.0729. The Labute approximate surface area is 163 Å². The first kappa shape index (κ1) is 18.1. The maximum Gasteiger partial charge on any atom is 0.257 e. The van der Waals surface area contributed by atoms with Crippen LogP contribution in [0.5, 0.6) is 0 Å². The zero-order valence-electron chi connectivity index (χ0n) is 15.9. The van der Waals surface area contributed by atoms with E-state index in [9.17, 15) is 9.18 Å². The number of hydrogen-bond donors (Lipinski definition) is 0. The molecule has 0 atom stereocenters. The molecule has 0 saturated carbocycles. The van der Waals surface area contributed by atoms with Crippen LogP contribution in [0.4, 0.5) is 10.2 Å². The molecule has 3 aromatic rings. The summed E-state index contributed by atoms with van der Waals surface area (Å²) in [4.78, 5) is 25.9. The average molecular weight is 376 g/mol. The van der Waals surface area contributed by atoms with Crippen molar-refractivity contribution in [3.8, 4) is 11.4 Å². The Kier molecular flexibility index (Phi) is 4.77. The summed E-state index contributed by atoms with van der Waals surface area (Å²) in [6.45, 7) is 0.864. The van der Waals surface area contributed by atoms with Gasteiger partial charge in [-0.1, -0.05) is 42.5 Å². The van der Waals surface area contributed by atoms with Gasteiger partial charge in [0.05, 0.1) is 17.8 Å². The number of hydrogen-bond acceptors (Lipinski definition) is 4. The lowest BCUT2D eigenvalue weighted by Gasteiger charge is -2.31. The van der Waals surface area contributed by atoms with Crippen molar-refractivity contribution >= 4 is 11.7 Å². The normalized spacial score (nSPS) is 13.2. The standard InChI is InChI=1S/C22H21FN4O/c1-26(2)21-17-14-27(22(28)16-10-6-7-11-18(16)23)13-12-19(17)24-20(25-21)15-8-4-3-5-9-15/h3-11H,12-14H2,1-2H3. The molecule has 0 spiro atoms. The van der Waals surface area contributed by atoms with Crippen LogP contribution in [0.1, 0.15) is 21.6 Å². The molecule has 0 radical (unpaired) electrons. The predicted molar refractivity (Wildman–Crippen MR) is 107 cm³/mol. The fourth-order valence-electron chi connectivity index (χ4n) is 3.46. The highest BCUT2D eigenvalue weighted by Crippen LogP contribution is 2.29. The number of aromatic nitrogens is 2. The van der Waals surface area contributed by atoms with E-state index in [4.69, 9.17) is 9.97 Å². The van der Waals surface area contributed by atoms with Crippen LogP contribution in [0.25, 0.3) is 11.4 Å². The molecule has 0 unspecified atom stereocenters. The molecule has 1 aliphatic heterocycles. The van der Waals surface area contributed by atoms with Crippen LogP contribution in [-0.2, 0) is 13.0 Å². The van der Waals surface area contributed by atoms with Gasteiger partial charge in [0, 0.05) is 38.2 Å². The summed E-state index contributed by atoms with van der Waals surface area (Å²) in [7, 11) is 3.85. The molecule has 2 heterocycles. The zero-order chi connectivity index (χ0) is 19.7. The largest absolute Gasteiger partial charge is 0.362 e. The van der Waals surface area contributed by atoms with Gasteiger partial charge in [-0.3, -0.25) is 4.79 Å². The summed E-state index contributed by atoms with van der Waals surface area (Å²) in [6.07, 6.45) is 0.610. The van der Waals surface area contributed by atoms with Crippen LogP contribution in [0.3, 0.4) is 0 Å². The molecule has 1 aliphatic rings. The van der Waals surface area contributed by atoms with Crippen molar-refractivity contribution in [1.82, 2.24) is 14.9 Å². The van der Waals surface area contributed by atoms with Gasteiger partial charge in [0.15, 0.2) is 5.82 Å². The van der Waals surface area contributed by atoms with E-state index in [0.717, 1.165) is 22.6 Å². The summed E-state index contributed by atoms with van der Waals surface area (Å²) >= 11 is 0. The number of carbonyl (C=O) groups is 1. The number of halogens is 1. The van der Waals surface area contributed by atoms with Crippen LogP contribution in [-0.4, -0.2) is 41.4 Å². The second kappa shape index (κ2) is 7.38. The molecule has 0 aliphatic carbocycles. The number of fused-ring (bicyclic) bond motifs is 1. The second-order valence-corrected chi connectivity index (χ2v) is 7.01. The summed E-state index contributed by atoms with van der Waals surface area (Å²) in [6, 6.07) is 15.9. The first-order valence-corrected chi connectivity index (χ1v) is 9.21. The van der Waals surface area contributed by atoms with E-state index in [1.165, 1.54) is 12.1 Å².